The molecular weight excluding hydrogens is 249 g/mol. The standard InChI is InChI=1S/C13H18FN3O2/c1-8(2)11(12(15)17-19)13(18)16-7-9-4-3-5-10(14)6-9/h3-6,8,11,19H,7H2,1-2H3,(H2,15,17)(H,16,18). The fourth-order valence-electron chi connectivity index (χ4n) is 1.79. The summed E-state index contributed by atoms with van der Waals surface area (Å²) < 4.78 is 13.0. The number of nitrogens with one attached hydrogen (secondary N) is 1. The van der Waals surface area contributed by atoms with Gasteiger partial charge in [0.05, 0.1) is 0 Å². The molecule has 5 nitrogen and oxygen atoms in total. The number of benzene rings is 1. The molecule has 0 saturated carbocycles. The minimum Gasteiger partial charge on any atom is -0.409 e. The van der Waals surface area contributed by atoms with E-state index in [-0.39, 0.29) is 30.0 Å². The van der Waals surface area contributed by atoms with Crippen LogP contribution in [-0.4, -0.2) is 17.0 Å². The first-order chi connectivity index (χ1) is 8.95. The molecule has 0 heterocycles. The molecule has 0 bridgehead atoms. The zero-order valence-electron chi connectivity index (χ0n) is 10.9. The van der Waals surface area contributed by atoms with Crippen LogP contribution in [0.3, 0.4) is 0 Å². The number of amides is 1. The van der Waals surface area contributed by atoms with E-state index in [2.05, 4.69) is 10.5 Å². The topological polar surface area (TPSA) is 87.7 Å². The molecule has 4 N–H and O–H groups in total. The van der Waals surface area contributed by atoms with Crippen molar-refractivity contribution in [1.82, 2.24) is 5.32 Å². The number of hydrogen-bond donors (Lipinski definition) is 3. The van der Waals surface area contributed by atoms with Crippen molar-refractivity contribution in [3.63, 3.8) is 0 Å². The van der Waals surface area contributed by atoms with Gasteiger partial charge in [0, 0.05) is 6.54 Å². The van der Waals surface area contributed by atoms with Crippen LogP contribution in [0, 0.1) is 17.7 Å². The molecule has 19 heavy (non-hydrogen) atoms. The minimum atomic E-state index is -0.710. The summed E-state index contributed by atoms with van der Waals surface area (Å²) in [7, 11) is 0. The first-order valence-electron chi connectivity index (χ1n) is 5.95. The number of rotatable bonds is 5. The molecule has 0 aromatic heterocycles. The number of nitrogens with two attached hydrogens (primary N) is 1. The number of oxime groups is 1. The Bertz CT molecular complexity index is 475. The van der Waals surface area contributed by atoms with Crippen molar-refractivity contribution < 1.29 is 14.4 Å². The summed E-state index contributed by atoms with van der Waals surface area (Å²) >= 11 is 0. The van der Waals surface area contributed by atoms with Crippen molar-refractivity contribution in [1.29, 1.82) is 0 Å². The monoisotopic (exact) mass is 267 g/mol. The summed E-state index contributed by atoms with van der Waals surface area (Å²) in [5.74, 6) is -1.66. The van der Waals surface area contributed by atoms with Gasteiger partial charge in [-0.25, -0.2) is 4.39 Å². The van der Waals surface area contributed by atoms with E-state index >= 15 is 0 Å². The van der Waals surface area contributed by atoms with Crippen LogP contribution in [0.25, 0.3) is 0 Å². The van der Waals surface area contributed by atoms with Crippen molar-refractivity contribution in [2.45, 2.75) is 20.4 Å². The number of halogens is 1. The lowest BCUT2D eigenvalue weighted by Crippen LogP contribution is -2.41. The normalized spacial score (nSPS) is 13.4. The zero-order chi connectivity index (χ0) is 14.4. The number of carbonyl (C=O) groups is 1. The average Bonchev–Trinajstić information content (AvgIpc) is 2.36. The third-order valence-corrected chi connectivity index (χ3v) is 2.74. The molecule has 0 aliphatic rings. The highest BCUT2D eigenvalue weighted by Crippen LogP contribution is 2.12. The van der Waals surface area contributed by atoms with Crippen LogP contribution in [0.5, 0.6) is 0 Å². The van der Waals surface area contributed by atoms with Crippen LogP contribution < -0.4 is 11.1 Å². The Morgan fingerprint density at radius 3 is 2.74 bits per heavy atom. The lowest BCUT2D eigenvalue weighted by molar-refractivity contribution is -0.124. The Hall–Kier alpha value is -2.11. The van der Waals surface area contributed by atoms with Crippen molar-refractivity contribution in [3.05, 3.63) is 35.6 Å². The maximum Gasteiger partial charge on any atom is 0.231 e. The molecular formula is C13H18FN3O2. The van der Waals surface area contributed by atoms with Crippen molar-refractivity contribution >= 4 is 11.7 Å². The maximum absolute atomic E-state index is 13.0. The van der Waals surface area contributed by atoms with Gasteiger partial charge in [-0.1, -0.05) is 31.1 Å². The lowest BCUT2D eigenvalue weighted by Gasteiger charge is -2.18. The smallest absolute Gasteiger partial charge is 0.231 e. The number of hydrogen-bond acceptors (Lipinski definition) is 3. The van der Waals surface area contributed by atoms with Gasteiger partial charge in [-0.3, -0.25) is 4.79 Å². The van der Waals surface area contributed by atoms with E-state index in [1.54, 1.807) is 26.0 Å². The summed E-state index contributed by atoms with van der Waals surface area (Å²) in [4.78, 5) is 12.0. The van der Waals surface area contributed by atoms with E-state index in [1.165, 1.54) is 12.1 Å². The molecule has 1 atom stereocenters. The molecule has 1 rings (SSSR count). The second-order valence-corrected chi connectivity index (χ2v) is 4.59. The second-order valence-electron chi connectivity index (χ2n) is 4.59. The van der Waals surface area contributed by atoms with Gasteiger partial charge in [0.25, 0.3) is 0 Å². The molecule has 6 heteroatoms. The van der Waals surface area contributed by atoms with Gasteiger partial charge < -0.3 is 16.3 Å². The largest absolute Gasteiger partial charge is 0.409 e. The zero-order valence-corrected chi connectivity index (χ0v) is 10.9. The van der Waals surface area contributed by atoms with E-state index in [9.17, 15) is 9.18 Å². The fraction of sp³-hybridized carbons (Fsp3) is 0.385. The number of carbonyl (C=O) groups excluding carboxylic acids is 1. The SMILES string of the molecule is CC(C)C(C(=O)NCc1cccc(F)c1)C(N)=NO. The highest BCUT2D eigenvalue weighted by atomic mass is 19.1. The summed E-state index contributed by atoms with van der Waals surface area (Å²) in [6.07, 6.45) is 0. The molecule has 1 amide bonds. The quantitative estimate of drug-likeness (QED) is 0.326. The highest BCUT2D eigenvalue weighted by Gasteiger charge is 2.26. The Kier molecular flexibility index (Phi) is 5.29. The van der Waals surface area contributed by atoms with Gasteiger partial charge in [-0.05, 0) is 23.6 Å². The molecule has 1 unspecified atom stereocenters. The molecule has 0 spiro atoms. The minimum absolute atomic E-state index is 0.108. The lowest BCUT2D eigenvalue weighted by atomic mass is 9.94. The number of nitrogens with zero attached hydrogens (tertiary/aromatic N) is 1. The van der Waals surface area contributed by atoms with Crippen molar-refractivity contribution in [2.24, 2.45) is 22.7 Å². The Balaban J connectivity index is 2.68. The second kappa shape index (κ2) is 6.72. The molecule has 0 aliphatic carbocycles. The third kappa shape index (κ3) is 4.24. The van der Waals surface area contributed by atoms with Crippen molar-refractivity contribution in [2.75, 3.05) is 0 Å². The first kappa shape index (κ1) is 14.9. The van der Waals surface area contributed by atoms with Gasteiger partial charge in [0.1, 0.15) is 11.7 Å². The Morgan fingerprint density at radius 1 is 1.53 bits per heavy atom. The summed E-state index contributed by atoms with van der Waals surface area (Å²) in [6.45, 7) is 3.79. The summed E-state index contributed by atoms with van der Waals surface area (Å²) in [5.41, 5.74) is 6.14. The molecule has 104 valence electrons. The summed E-state index contributed by atoms with van der Waals surface area (Å²) in [5, 5.41) is 14.2. The van der Waals surface area contributed by atoms with E-state index in [1.807, 2.05) is 0 Å². The van der Waals surface area contributed by atoms with E-state index in [0.717, 1.165) is 0 Å². The Labute approximate surface area is 111 Å². The molecule has 0 fully saturated rings. The van der Waals surface area contributed by atoms with E-state index < -0.39 is 5.92 Å². The van der Waals surface area contributed by atoms with Gasteiger partial charge in [-0.2, -0.15) is 0 Å². The number of amidine groups is 1. The summed E-state index contributed by atoms with van der Waals surface area (Å²) in [6, 6.07) is 5.95. The van der Waals surface area contributed by atoms with E-state index in [4.69, 9.17) is 10.9 Å². The van der Waals surface area contributed by atoms with Crippen LogP contribution in [0.4, 0.5) is 4.39 Å². The third-order valence-electron chi connectivity index (χ3n) is 2.74. The van der Waals surface area contributed by atoms with Crippen molar-refractivity contribution in [3.8, 4) is 0 Å². The van der Waals surface area contributed by atoms with Gasteiger partial charge in [-0.15, -0.1) is 0 Å². The maximum atomic E-state index is 13.0. The van der Waals surface area contributed by atoms with Crippen LogP contribution in [-0.2, 0) is 11.3 Å². The highest BCUT2D eigenvalue weighted by molar-refractivity contribution is 6.02. The molecule has 0 saturated heterocycles. The van der Waals surface area contributed by atoms with Gasteiger partial charge >= 0.3 is 0 Å². The Morgan fingerprint density at radius 2 is 2.21 bits per heavy atom. The van der Waals surface area contributed by atoms with E-state index in [0.29, 0.717) is 5.56 Å². The predicted octanol–water partition coefficient (Wildman–Crippen LogP) is 1.46. The average molecular weight is 267 g/mol. The fourth-order valence-corrected chi connectivity index (χ4v) is 1.79. The molecule has 0 aliphatic heterocycles. The van der Waals surface area contributed by atoms with Crippen LogP contribution in [0.2, 0.25) is 0 Å². The van der Waals surface area contributed by atoms with Crippen LogP contribution in [0.1, 0.15) is 19.4 Å². The van der Waals surface area contributed by atoms with Gasteiger partial charge in [0.15, 0.2) is 5.84 Å². The van der Waals surface area contributed by atoms with Crippen LogP contribution in [0.15, 0.2) is 29.4 Å². The van der Waals surface area contributed by atoms with Gasteiger partial charge in [0.2, 0.25) is 5.91 Å². The predicted molar refractivity (Wildman–Crippen MR) is 70.0 cm³/mol. The molecule has 0 radical (unpaired) electrons. The molecule has 1 aromatic rings. The van der Waals surface area contributed by atoms with Crippen LogP contribution >= 0.6 is 0 Å². The molecule has 1 aromatic carbocycles. The first-order valence-corrected chi connectivity index (χ1v) is 5.95.